The summed E-state index contributed by atoms with van der Waals surface area (Å²) >= 11 is 2.85. The van der Waals surface area contributed by atoms with Crippen LogP contribution in [-0.2, 0) is 16.0 Å². The van der Waals surface area contributed by atoms with Gasteiger partial charge in [0.1, 0.15) is 0 Å². The lowest BCUT2D eigenvalue weighted by Crippen LogP contribution is -2.18. The summed E-state index contributed by atoms with van der Waals surface area (Å²) in [5.41, 5.74) is -1.64. The Morgan fingerprint density at radius 3 is 2.76 bits per heavy atom. The van der Waals surface area contributed by atoms with Gasteiger partial charge in [-0.1, -0.05) is 0 Å². The first-order valence-corrected chi connectivity index (χ1v) is 5.60. The molecule has 0 radical (unpaired) electrons. The largest absolute Gasteiger partial charge is 0.466 e. The van der Waals surface area contributed by atoms with Gasteiger partial charge < -0.3 is 9.72 Å². The van der Waals surface area contributed by atoms with E-state index in [0.29, 0.717) is 0 Å². The molecule has 0 amide bonds. The summed E-state index contributed by atoms with van der Waals surface area (Å²) in [6.07, 6.45) is -2.10. The summed E-state index contributed by atoms with van der Waals surface area (Å²) in [4.78, 5) is 25.1. The normalized spacial score (nSPS) is 10.6. The Morgan fingerprint density at radius 2 is 2.24 bits per heavy atom. The van der Waals surface area contributed by atoms with Crippen LogP contribution >= 0.6 is 15.9 Å². The first kappa shape index (κ1) is 13.8. The number of hydrogen-bond acceptors (Lipinski definition) is 3. The van der Waals surface area contributed by atoms with Crippen LogP contribution < -0.4 is 5.43 Å². The number of rotatable bonds is 4. The highest BCUT2D eigenvalue weighted by Crippen LogP contribution is 2.20. The van der Waals surface area contributed by atoms with Crippen molar-refractivity contribution in [2.75, 3.05) is 6.61 Å². The second-order valence-electron chi connectivity index (χ2n) is 3.14. The molecule has 0 atom stereocenters. The van der Waals surface area contributed by atoms with E-state index in [1.807, 2.05) is 0 Å². The summed E-state index contributed by atoms with van der Waals surface area (Å²) in [7, 11) is 0. The minimum Gasteiger partial charge on any atom is -0.466 e. The lowest BCUT2D eigenvalue weighted by atomic mass is 10.1. The quantitative estimate of drug-likeness (QED) is 0.867. The molecule has 0 aliphatic carbocycles. The van der Waals surface area contributed by atoms with Crippen molar-refractivity contribution in [2.45, 2.75) is 19.8 Å². The average molecular weight is 310 g/mol. The second kappa shape index (κ2) is 5.90. The Balaban J connectivity index is 3.12. The zero-order valence-corrected chi connectivity index (χ0v) is 10.5. The Labute approximate surface area is 104 Å². The van der Waals surface area contributed by atoms with Gasteiger partial charge in [0.2, 0.25) is 5.43 Å². The van der Waals surface area contributed by atoms with Crippen LogP contribution in [0.2, 0.25) is 0 Å². The third-order valence-corrected chi connectivity index (χ3v) is 2.59. The molecule has 17 heavy (non-hydrogen) atoms. The van der Waals surface area contributed by atoms with Gasteiger partial charge in [-0.05, 0) is 22.9 Å². The standard InChI is InChI=1S/C10H10BrF2NO3/c1-2-17-7(15)3-6-8(10(12)13)9(16)5(11)4-14-6/h4,10H,2-3H2,1H3,(H,14,16). The minimum atomic E-state index is -2.94. The van der Waals surface area contributed by atoms with Crippen LogP contribution in [0.5, 0.6) is 0 Å². The maximum Gasteiger partial charge on any atom is 0.311 e. The van der Waals surface area contributed by atoms with E-state index < -0.39 is 23.4 Å². The van der Waals surface area contributed by atoms with E-state index in [4.69, 9.17) is 0 Å². The number of aromatic amines is 1. The minimum absolute atomic E-state index is 0.000379. The zero-order chi connectivity index (χ0) is 13.0. The van der Waals surface area contributed by atoms with E-state index in [2.05, 4.69) is 25.7 Å². The van der Waals surface area contributed by atoms with Gasteiger partial charge in [-0.3, -0.25) is 9.59 Å². The van der Waals surface area contributed by atoms with E-state index in [1.165, 1.54) is 6.20 Å². The predicted molar refractivity (Wildman–Crippen MR) is 60.1 cm³/mol. The first-order chi connectivity index (χ1) is 7.97. The zero-order valence-electron chi connectivity index (χ0n) is 8.93. The number of pyridine rings is 1. The molecule has 1 aromatic rings. The number of ether oxygens (including phenoxy) is 1. The van der Waals surface area contributed by atoms with Gasteiger partial charge in [0.15, 0.2) is 0 Å². The molecule has 1 heterocycles. The van der Waals surface area contributed by atoms with Crippen LogP contribution in [0.3, 0.4) is 0 Å². The molecule has 0 aliphatic heterocycles. The van der Waals surface area contributed by atoms with Crippen LogP contribution in [0, 0.1) is 0 Å². The summed E-state index contributed by atoms with van der Waals surface area (Å²) in [6.45, 7) is 1.76. The molecular formula is C10H10BrF2NO3. The summed E-state index contributed by atoms with van der Waals surface area (Å²) in [5, 5.41) is 0. The summed E-state index contributed by atoms with van der Waals surface area (Å²) in [5.74, 6) is -0.660. The number of carbonyl (C=O) groups excluding carboxylic acids is 1. The van der Waals surface area contributed by atoms with Crippen LogP contribution in [-0.4, -0.2) is 17.6 Å². The van der Waals surface area contributed by atoms with Gasteiger partial charge in [0, 0.05) is 11.9 Å². The molecule has 0 bridgehead atoms. The fourth-order valence-electron chi connectivity index (χ4n) is 1.29. The van der Waals surface area contributed by atoms with Gasteiger partial charge >= 0.3 is 5.97 Å². The Hall–Kier alpha value is -1.24. The number of hydrogen-bond donors (Lipinski definition) is 1. The lowest BCUT2D eigenvalue weighted by Gasteiger charge is -2.08. The Bertz CT molecular complexity index is 473. The molecule has 94 valence electrons. The molecule has 7 heteroatoms. The van der Waals surface area contributed by atoms with Gasteiger partial charge in [-0.15, -0.1) is 0 Å². The highest BCUT2D eigenvalue weighted by molar-refractivity contribution is 9.10. The van der Waals surface area contributed by atoms with Crippen molar-refractivity contribution in [1.29, 1.82) is 0 Å². The second-order valence-corrected chi connectivity index (χ2v) is 3.99. The molecule has 0 saturated heterocycles. The van der Waals surface area contributed by atoms with Gasteiger partial charge in [-0.2, -0.15) is 0 Å². The maximum atomic E-state index is 12.7. The van der Waals surface area contributed by atoms with E-state index in [1.54, 1.807) is 6.92 Å². The molecule has 0 fully saturated rings. The monoisotopic (exact) mass is 309 g/mol. The molecular weight excluding hydrogens is 300 g/mol. The highest BCUT2D eigenvalue weighted by Gasteiger charge is 2.21. The van der Waals surface area contributed by atoms with Crippen LogP contribution in [0.1, 0.15) is 24.6 Å². The predicted octanol–water partition coefficient (Wildman–Crippen LogP) is 2.18. The van der Waals surface area contributed by atoms with E-state index in [9.17, 15) is 18.4 Å². The number of alkyl halides is 2. The molecule has 1 rings (SSSR count). The lowest BCUT2D eigenvalue weighted by molar-refractivity contribution is -0.142. The molecule has 0 aliphatic rings. The smallest absolute Gasteiger partial charge is 0.311 e. The van der Waals surface area contributed by atoms with Crippen molar-refractivity contribution in [1.82, 2.24) is 4.98 Å². The van der Waals surface area contributed by atoms with Crippen LogP contribution in [0.15, 0.2) is 15.5 Å². The Morgan fingerprint density at radius 1 is 1.59 bits per heavy atom. The number of esters is 1. The fraction of sp³-hybridized carbons (Fsp3) is 0.400. The van der Waals surface area contributed by atoms with Crippen LogP contribution in [0.25, 0.3) is 0 Å². The highest BCUT2D eigenvalue weighted by atomic mass is 79.9. The average Bonchev–Trinajstić information content (AvgIpc) is 2.23. The van der Waals surface area contributed by atoms with Crippen molar-refractivity contribution < 1.29 is 18.3 Å². The van der Waals surface area contributed by atoms with E-state index >= 15 is 0 Å². The van der Waals surface area contributed by atoms with Crippen LogP contribution in [0.4, 0.5) is 8.78 Å². The van der Waals surface area contributed by atoms with E-state index in [-0.39, 0.29) is 23.2 Å². The number of nitrogens with one attached hydrogen (secondary N) is 1. The third-order valence-electron chi connectivity index (χ3n) is 2.00. The topological polar surface area (TPSA) is 59.2 Å². The summed E-state index contributed by atoms with van der Waals surface area (Å²) in [6, 6.07) is 0. The Kier molecular flexibility index (Phi) is 4.80. The number of halogens is 3. The fourth-order valence-corrected chi connectivity index (χ4v) is 1.62. The van der Waals surface area contributed by atoms with Crippen molar-refractivity contribution >= 4 is 21.9 Å². The van der Waals surface area contributed by atoms with Crippen molar-refractivity contribution in [3.8, 4) is 0 Å². The first-order valence-electron chi connectivity index (χ1n) is 4.81. The number of carbonyl (C=O) groups is 1. The number of H-pyrrole nitrogens is 1. The maximum absolute atomic E-state index is 12.7. The third kappa shape index (κ3) is 3.36. The van der Waals surface area contributed by atoms with Gasteiger partial charge in [-0.25, -0.2) is 8.78 Å². The molecule has 0 spiro atoms. The van der Waals surface area contributed by atoms with Crippen molar-refractivity contribution in [3.63, 3.8) is 0 Å². The molecule has 0 unspecified atom stereocenters. The summed E-state index contributed by atoms with van der Waals surface area (Å²) < 4.78 is 30.1. The molecule has 1 N–H and O–H groups in total. The molecule has 1 aromatic heterocycles. The van der Waals surface area contributed by atoms with Gasteiger partial charge in [0.25, 0.3) is 6.43 Å². The molecule has 4 nitrogen and oxygen atoms in total. The molecule has 0 aromatic carbocycles. The van der Waals surface area contributed by atoms with Crippen molar-refractivity contribution in [2.24, 2.45) is 0 Å². The number of aromatic nitrogens is 1. The van der Waals surface area contributed by atoms with Gasteiger partial charge in [0.05, 0.1) is 23.1 Å². The van der Waals surface area contributed by atoms with Crippen molar-refractivity contribution in [3.05, 3.63) is 32.2 Å². The molecule has 0 saturated carbocycles. The van der Waals surface area contributed by atoms with E-state index in [0.717, 1.165) is 0 Å². The SMILES string of the molecule is CCOC(=O)Cc1[nH]cc(Br)c(=O)c1C(F)F.